The van der Waals surface area contributed by atoms with Crippen LogP contribution in [0.2, 0.25) is 0 Å². The van der Waals surface area contributed by atoms with Crippen LogP contribution in [0.3, 0.4) is 0 Å². The molecule has 4 heterocycles. The third-order valence-corrected chi connectivity index (χ3v) is 8.61. The van der Waals surface area contributed by atoms with Gasteiger partial charge in [0.2, 0.25) is 5.52 Å². The van der Waals surface area contributed by atoms with Crippen molar-refractivity contribution >= 4 is 54.7 Å². The predicted molar refractivity (Wildman–Crippen MR) is 172 cm³/mol. The summed E-state index contributed by atoms with van der Waals surface area (Å²) < 4.78 is 4.65. The van der Waals surface area contributed by atoms with Gasteiger partial charge in [-0.25, -0.2) is 24.4 Å². The maximum atomic E-state index is 7.68. The molecule has 7 rings (SSSR count). The van der Waals surface area contributed by atoms with E-state index in [4.69, 9.17) is 21.5 Å². The van der Waals surface area contributed by atoms with Crippen LogP contribution >= 0.6 is 0 Å². The van der Waals surface area contributed by atoms with Gasteiger partial charge in [0.25, 0.3) is 0 Å². The van der Waals surface area contributed by atoms with Crippen LogP contribution in [0.25, 0.3) is 65.2 Å². The number of hydrogen-bond donors (Lipinski definition) is 0. The molecule has 0 saturated heterocycles. The van der Waals surface area contributed by atoms with Crippen molar-refractivity contribution in [3.8, 4) is 11.4 Å². The number of benzene rings is 3. The zero-order valence-corrected chi connectivity index (χ0v) is 25.8. The van der Waals surface area contributed by atoms with Crippen molar-refractivity contribution in [3.05, 3.63) is 82.9 Å². The number of hydrogen-bond acceptors (Lipinski definition) is 3. The van der Waals surface area contributed by atoms with E-state index < -0.39 is 0 Å². The first-order valence-corrected chi connectivity index (χ1v) is 14.5. The van der Waals surface area contributed by atoms with E-state index in [1.807, 2.05) is 12.1 Å². The Morgan fingerprint density at radius 3 is 2.12 bits per heavy atom. The molecule has 4 aromatic heterocycles. The molecule has 0 amide bonds. The fourth-order valence-electron chi connectivity index (χ4n) is 6.27. The van der Waals surface area contributed by atoms with Crippen molar-refractivity contribution in [1.29, 1.82) is 0 Å². The summed E-state index contributed by atoms with van der Waals surface area (Å²) in [7, 11) is 2.13. The van der Waals surface area contributed by atoms with E-state index in [-0.39, 0.29) is 10.8 Å². The second-order valence-corrected chi connectivity index (χ2v) is 13.8. The molecule has 0 saturated carbocycles. The summed E-state index contributed by atoms with van der Waals surface area (Å²) in [5, 5.41) is 5.88. The van der Waals surface area contributed by atoms with Gasteiger partial charge in [-0.15, -0.1) is 0 Å². The maximum absolute atomic E-state index is 7.68. The second-order valence-electron chi connectivity index (χ2n) is 13.8. The molecular formula is C36H35N6+. The van der Waals surface area contributed by atoms with Gasteiger partial charge in [-0.05, 0) is 66.1 Å². The lowest BCUT2D eigenvalue weighted by molar-refractivity contribution is -0.643. The molecule has 3 aromatic carbocycles. The molecule has 0 N–H and O–H groups in total. The summed E-state index contributed by atoms with van der Waals surface area (Å²) in [5.74, 6) is 2.29. The predicted octanol–water partition coefficient (Wildman–Crippen LogP) is 8.43. The summed E-state index contributed by atoms with van der Waals surface area (Å²) in [5.41, 5.74) is 8.30. The van der Waals surface area contributed by atoms with E-state index in [1.165, 1.54) is 38.3 Å². The molecule has 7 aromatic rings. The fourth-order valence-corrected chi connectivity index (χ4v) is 6.27. The number of aromatic nitrogens is 5. The van der Waals surface area contributed by atoms with Gasteiger partial charge in [0.05, 0.1) is 33.9 Å². The Morgan fingerprint density at radius 2 is 1.48 bits per heavy atom. The second kappa shape index (κ2) is 8.45. The Kier molecular flexibility index (Phi) is 5.29. The lowest BCUT2D eigenvalue weighted by atomic mass is 9.92. The number of pyridine rings is 2. The third-order valence-electron chi connectivity index (χ3n) is 8.61. The van der Waals surface area contributed by atoms with Crippen molar-refractivity contribution in [2.24, 2.45) is 7.05 Å². The van der Waals surface area contributed by atoms with Gasteiger partial charge in [-0.1, -0.05) is 47.6 Å². The highest BCUT2D eigenvalue weighted by Gasteiger charge is 2.28. The summed E-state index contributed by atoms with van der Waals surface area (Å²) in [6.45, 7) is 25.0. The van der Waals surface area contributed by atoms with E-state index >= 15 is 0 Å². The molecule has 208 valence electrons. The van der Waals surface area contributed by atoms with E-state index in [9.17, 15) is 0 Å². The highest BCUT2D eigenvalue weighted by Crippen LogP contribution is 2.43. The minimum Gasteiger partial charge on any atom is -0.308 e. The van der Waals surface area contributed by atoms with Crippen LogP contribution in [-0.2, 0) is 17.9 Å². The molecule has 6 heteroatoms. The molecule has 0 bridgehead atoms. The number of rotatable bonds is 1. The van der Waals surface area contributed by atoms with Gasteiger partial charge in [-0.2, -0.15) is 0 Å². The smallest absolute Gasteiger partial charge is 0.224 e. The Hall–Kier alpha value is -4.63. The topological polar surface area (TPSA) is 51.3 Å². The molecule has 0 aliphatic carbocycles. The summed E-state index contributed by atoms with van der Waals surface area (Å²) >= 11 is 0. The van der Waals surface area contributed by atoms with Crippen LogP contribution in [0.15, 0.2) is 48.7 Å². The highest BCUT2D eigenvalue weighted by atomic mass is 15.1. The van der Waals surface area contributed by atoms with Crippen molar-refractivity contribution in [2.75, 3.05) is 0 Å². The fraction of sp³-hybridized carbons (Fsp3) is 0.306. The van der Waals surface area contributed by atoms with Crippen LogP contribution in [0.5, 0.6) is 0 Å². The first kappa shape index (κ1) is 26.3. The van der Waals surface area contributed by atoms with Gasteiger partial charge >= 0.3 is 0 Å². The molecule has 0 radical (unpaired) electrons. The van der Waals surface area contributed by atoms with Crippen molar-refractivity contribution < 1.29 is 4.57 Å². The Balaban J connectivity index is 1.72. The summed E-state index contributed by atoms with van der Waals surface area (Å²) in [4.78, 5) is 18.8. The summed E-state index contributed by atoms with van der Waals surface area (Å²) in [6, 6.07) is 15.0. The Morgan fingerprint density at radius 1 is 0.786 bits per heavy atom. The van der Waals surface area contributed by atoms with Crippen LogP contribution in [-0.4, -0.2) is 19.4 Å². The average Bonchev–Trinajstić information content (AvgIpc) is 3.26. The average molecular weight is 552 g/mol. The van der Waals surface area contributed by atoms with Crippen LogP contribution in [0, 0.1) is 20.4 Å². The Bertz CT molecular complexity index is 2270. The van der Waals surface area contributed by atoms with Crippen molar-refractivity contribution in [2.45, 2.75) is 66.2 Å². The normalized spacial score (nSPS) is 12.9. The third kappa shape index (κ3) is 3.62. The quantitative estimate of drug-likeness (QED) is 0.0890. The van der Waals surface area contributed by atoms with Gasteiger partial charge in [-0.3, -0.25) is 0 Å². The van der Waals surface area contributed by atoms with Crippen LogP contribution < -0.4 is 4.57 Å². The molecule has 0 unspecified atom stereocenters. The minimum atomic E-state index is -0.221. The molecule has 6 nitrogen and oxygen atoms in total. The zero-order valence-electron chi connectivity index (χ0n) is 25.8. The monoisotopic (exact) mass is 551 g/mol. The molecule has 0 fully saturated rings. The number of fused-ring (bicyclic) bond motifs is 5. The minimum absolute atomic E-state index is 0.221. The maximum Gasteiger partial charge on any atom is 0.224 e. The van der Waals surface area contributed by atoms with Gasteiger partial charge in [0.15, 0.2) is 17.7 Å². The molecule has 42 heavy (non-hydrogen) atoms. The van der Waals surface area contributed by atoms with E-state index in [1.54, 1.807) is 0 Å². The van der Waals surface area contributed by atoms with Gasteiger partial charge in [0, 0.05) is 27.8 Å². The van der Waals surface area contributed by atoms with E-state index in [0.717, 1.165) is 39.0 Å². The molecule has 0 atom stereocenters. The lowest BCUT2D eigenvalue weighted by Crippen LogP contribution is -2.29. The van der Waals surface area contributed by atoms with E-state index in [2.05, 4.69) is 113 Å². The summed E-state index contributed by atoms with van der Waals surface area (Å²) in [6.07, 6.45) is 2.16. The van der Waals surface area contributed by atoms with Crippen LogP contribution in [0.4, 0.5) is 5.69 Å². The molecule has 0 spiro atoms. The van der Waals surface area contributed by atoms with Gasteiger partial charge < -0.3 is 4.40 Å². The number of nitrogens with zero attached hydrogens (tertiary/aromatic N) is 6. The van der Waals surface area contributed by atoms with Gasteiger partial charge in [0.1, 0.15) is 18.7 Å². The van der Waals surface area contributed by atoms with Crippen LogP contribution in [0.1, 0.15) is 64.3 Å². The molecule has 0 aliphatic heterocycles. The first-order valence-electron chi connectivity index (χ1n) is 14.5. The zero-order chi connectivity index (χ0) is 29.9. The van der Waals surface area contributed by atoms with Crippen molar-refractivity contribution in [3.63, 3.8) is 0 Å². The largest absolute Gasteiger partial charge is 0.308 e. The molecular weight excluding hydrogens is 516 g/mol. The first-order chi connectivity index (χ1) is 19.8. The van der Waals surface area contributed by atoms with E-state index in [0.29, 0.717) is 11.5 Å². The standard InChI is InChI=1S/C36H35N6/c1-19-15-25-24-18-23(37-9)11-12-26(24)42-27-17-22(32-38-33(35(3,4)5)40-34(39-32)36(6,7)8)16-21-13-14-41(10)31(29(21)27)28(20(19)2)30(25)42/h11-18H,1-8,10H3/q+1. The molecule has 0 aliphatic rings. The Labute approximate surface area is 245 Å². The number of aryl methyl sites for hydroxylation is 3. The lowest BCUT2D eigenvalue weighted by Gasteiger charge is -2.23. The highest BCUT2D eigenvalue weighted by molar-refractivity contribution is 6.26. The van der Waals surface area contributed by atoms with Crippen molar-refractivity contribution in [1.82, 2.24) is 19.4 Å². The SMILES string of the molecule is [C-]#[N+]c1ccc2c(c1)c1cc(C)c(C)c3c1n2c1cc(-c2nc(C(C)(C)C)nc(C(C)(C)C)n2)cc2cc[n+](C)c3c21.